The van der Waals surface area contributed by atoms with Crippen LogP contribution in [-0.4, -0.2) is 39.3 Å². The van der Waals surface area contributed by atoms with Crippen molar-refractivity contribution in [2.45, 2.75) is 121 Å². The van der Waals surface area contributed by atoms with Crippen LogP contribution in [-0.2, 0) is 28.2 Å². The summed E-state index contributed by atoms with van der Waals surface area (Å²) in [4.78, 5) is 17.7. The molecule has 0 radical (unpaired) electrons. The number of carbonyl (C=O) groups is 1. The minimum absolute atomic E-state index is 0.107. The van der Waals surface area contributed by atoms with Crippen LogP contribution in [0.4, 0.5) is 46.5 Å². The van der Waals surface area contributed by atoms with E-state index in [0.717, 1.165) is 49.3 Å². The number of hydrogen-bond donors (Lipinski definition) is 0. The van der Waals surface area contributed by atoms with Gasteiger partial charge in [-0.25, -0.2) is 8.78 Å². The number of carbonyl (C=O) groups excluding carboxylic acids is 1. The topological polar surface area (TPSA) is 51.2 Å². The number of anilines is 2. The van der Waals surface area contributed by atoms with E-state index < -0.39 is 46.1 Å². The molecule has 2 heterocycles. The summed E-state index contributed by atoms with van der Waals surface area (Å²) in [5.74, 6) is 2.12. The minimum atomic E-state index is -5.16. The summed E-state index contributed by atoms with van der Waals surface area (Å²) in [6.45, 7) is 7.42. The molecule has 0 spiro atoms. The molecule has 3 aliphatic carbocycles. The van der Waals surface area contributed by atoms with Gasteiger partial charge in [0.1, 0.15) is 28.9 Å². The van der Waals surface area contributed by atoms with Crippen molar-refractivity contribution in [3.8, 4) is 28.4 Å². The fourth-order valence-electron chi connectivity index (χ4n) is 14.0. The number of piperazine rings is 1. The lowest BCUT2D eigenvalue weighted by Crippen LogP contribution is -2.46. The molecule has 6 aromatic rings. The summed E-state index contributed by atoms with van der Waals surface area (Å²) in [5.41, 5.74) is -3.07. The lowest BCUT2D eigenvalue weighted by Gasteiger charge is -2.39. The maximum absolute atomic E-state index is 15.3. The van der Waals surface area contributed by atoms with E-state index in [2.05, 4.69) is 16.7 Å². The molecule has 0 bridgehead atoms. The summed E-state index contributed by atoms with van der Waals surface area (Å²) in [6.07, 6.45) is 7.62. The van der Waals surface area contributed by atoms with Crippen molar-refractivity contribution in [3.63, 3.8) is 0 Å². The summed E-state index contributed by atoms with van der Waals surface area (Å²) >= 11 is 0. The lowest BCUT2D eigenvalue weighted by molar-refractivity contribution is -0.144. The van der Waals surface area contributed by atoms with Crippen LogP contribution >= 0.6 is 0 Å². The Labute approximate surface area is 456 Å². The predicted octanol–water partition coefficient (Wildman–Crippen LogP) is 17.2. The van der Waals surface area contributed by atoms with E-state index in [0.29, 0.717) is 82.3 Å². The number of benzene rings is 6. The van der Waals surface area contributed by atoms with Gasteiger partial charge in [0.15, 0.2) is 5.60 Å². The zero-order valence-electron chi connectivity index (χ0n) is 45.1. The molecule has 416 valence electrons. The Morgan fingerprint density at radius 2 is 1.28 bits per heavy atom. The van der Waals surface area contributed by atoms with Crippen LogP contribution in [0.3, 0.4) is 0 Å². The Bertz CT molecular complexity index is 3210. The van der Waals surface area contributed by atoms with Gasteiger partial charge in [0.25, 0.3) is 0 Å². The average Bonchev–Trinajstić information content (AvgIpc) is 3.97. The van der Waals surface area contributed by atoms with Gasteiger partial charge >= 0.3 is 18.3 Å². The maximum Gasteiger partial charge on any atom is 0.416 e. The highest BCUT2D eigenvalue weighted by Gasteiger charge is 2.50. The molecule has 3 fully saturated rings. The number of hydrogen-bond acceptors (Lipinski definition) is 6. The molecule has 1 saturated heterocycles. The quantitative estimate of drug-likeness (QED) is 0.0527. The lowest BCUT2D eigenvalue weighted by atomic mass is 9.68. The smallest absolute Gasteiger partial charge is 0.416 e. The fourth-order valence-corrected chi connectivity index (χ4v) is 14.0. The number of unbranched alkanes of at least 4 members (excludes halogenated alkanes) is 2. The summed E-state index contributed by atoms with van der Waals surface area (Å²) in [6, 6.07) is 23.2. The summed E-state index contributed by atoms with van der Waals surface area (Å²) in [7, 11) is 1.49. The second kappa shape index (κ2) is 21.2. The fraction of sp³-hybridized carbons (Fsp3) is 0.431. The Balaban J connectivity index is 0.884. The Morgan fingerprint density at radius 1 is 0.684 bits per heavy atom. The number of rotatable bonds is 12. The monoisotopic (exact) mass is 1090 g/mol. The number of halogens is 8. The largest absolute Gasteiger partial charge is 0.495 e. The number of nitrogens with zero attached hydrogens (tertiary/aromatic N) is 2. The molecule has 14 heteroatoms. The van der Waals surface area contributed by atoms with Gasteiger partial charge in [0.05, 0.1) is 29.8 Å². The molecule has 2 aliphatic heterocycles. The number of alkyl halides is 6. The molecule has 11 rings (SSSR count). The SMILES string of the molecule is CCCCCC1CCC(C2CCC(C(=O)Oc3ccc(N4CCN(c5cc6c7c(c8c(c6cc5OC)OC(c5ccc(F)cc5)(c5ccc(F)cc5)C=C8)C(C)(C)c5c-7cc(C(F)(F)F)cc5C(F)(F)F)CC4)cc3)CC2)CC1. The zero-order valence-corrected chi connectivity index (χ0v) is 45.1. The van der Waals surface area contributed by atoms with Gasteiger partial charge in [-0.05, 0) is 163 Å². The van der Waals surface area contributed by atoms with Crippen LogP contribution in [0.1, 0.15) is 137 Å². The van der Waals surface area contributed by atoms with Crippen LogP contribution in [0.2, 0.25) is 0 Å². The predicted molar refractivity (Wildman–Crippen MR) is 293 cm³/mol. The van der Waals surface area contributed by atoms with E-state index in [4.69, 9.17) is 14.2 Å². The first-order valence-corrected chi connectivity index (χ1v) is 28.0. The third-order valence-corrected chi connectivity index (χ3v) is 18.1. The van der Waals surface area contributed by atoms with Gasteiger partial charge in [0, 0.05) is 59.4 Å². The second-order valence-corrected chi connectivity index (χ2v) is 23.1. The molecule has 5 aliphatic rings. The molecule has 6 aromatic carbocycles. The van der Waals surface area contributed by atoms with Crippen LogP contribution in [0.5, 0.6) is 17.2 Å². The van der Waals surface area contributed by atoms with Crippen LogP contribution in [0, 0.1) is 35.3 Å². The van der Waals surface area contributed by atoms with E-state index in [-0.39, 0.29) is 40.4 Å². The first kappa shape index (κ1) is 54.4. The van der Waals surface area contributed by atoms with E-state index in [1.54, 1.807) is 38.1 Å². The van der Waals surface area contributed by atoms with Crippen molar-refractivity contribution < 1.29 is 54.1 Å². The Kier molecular flexibility index (Phi) is 14.6. The van der Waals surface area contributed by atoms with Gasteiger partial charge in [-0.3, -0.25) is 4.79 Å². The zero-order chi connectivity index (χ0) is 55.6. The number of esters is 1. The maximum atomic E-state index is 15.3. The molecule has 0 aromatic heterocycles. The standard InChI is InChI=1S/C65H66F8N2O4/c1-5-6-7-8-39-9-11-40(12-10-39)41-13-15-42(16-14-41)61(76)78-49-27-25-48(26-28-49)74-31-33-75(34-32-74)55-37-51-52(38-56(55)77-4)60-50(29-30-63(79-60,43-17-21-46(66)22-18-43)44-19-23-47(67)24-20-44)59-57(51)53-35-45(64(68,69)70)36-54(65(71,72)73)58(53)62(59,2)3/h17-30,35-42H,5-16,31-34H2,1-4H3. The van der Waals surface area contributed by atoms with Crippen molar-refractivity contribution in [2.75, 3.05) is 43.1 Å². The van der Waals surface area contributed by atoms with Crippen LogP contribution in [0.25, 0.3) is 28.0 Å². The van der Waals surface area contributed by atoms with Crippen LogP contribution in [0.15, 0.2) is 103 Å². The Morgan fingerprint density at radius 3 is 1.85 bits per heavy atom. The Hall–Kier alpha value is -6.57. The van der Waals surface area contributed by atoms with Gasteiger partial charge < -0.3 is 24.0 Å². The van der Waals surface area contributed by atoms with Crippen molar-refractivity contribution in [1.82, 2.24) is 0 Å². The molecule has 2 saturated carbocycles. The van der Waals surface area contributed by atoms with Crippen molar-refractivity contribution >= 4 is 34.2 Å². The molecule has 6 nitrogen and oxygen atoms in total. The van der Waals surface area contributed by atoms with Gasteiger partial charge in [-0.2, -0.15) is 26.3 Å². The van der Waals surface area contributed by atoms with Gasteiger partial charge in [-0.1, -0.05) is 89.6 Å². The molecular formula is C65H66F8N2O4. The van der Waals surface area contributed by atoms with E-state index in [1.807, 2.05) is 24.3 Å². The number of ether oxygens (including phenoxy) is 3. The normalized spacial score (nSPS) is 21.5. The molecule has 0 N–H and O–H groups in total. The number of methoxy groups -OCH3 is 1. The van der Waals surface area contributed by atoms with Crippen molar-refractivity contribution in [3.05, 3.63) is 154 Å². The molecule has 0 unspecified atom stereocenters. The molecular weight excluding hydrogens is 1020 g/mol. The molecule has 0 atom stereocenters. The van der Waals surface area contributed by atoms with E-state index >= 15 is 13.2 Å². The van der Waals surface area contributed by atoms with Crippen LogP contribution < -0.4 is 24.0 Å². The third-order valence-electron chi connectivity index (χ3n) is 18.1. The molecule has 79 heavy (non-hydrogen) atoms. The first-order chi connectivity index (χ1) is 37.8. The number of fused-ring (bicyclic) bond motifs is 8. The van der Waals surface area contributed by atoms with E-state index in [1.165, 1.54) is 107 Å². The minimum Gasteiger partial charge on any atom is -0.495 e. The highest BCUT2D eigenvalue weighted by atomic mass is 19.4. The summed E-state index contributed by atoms with van der Waals surface area (Å²) < 4.78 is 138. The highest BCUT2D eigenvalue weighted by molar-refractivity contribution is 6.10. The molecule has 0 amide bonds. The van der Waals surface area contributed by atoms with E-state index in [9.17, 15) is 26.7 Å². The first-order valence-electron chi connectivity index (χ1n) is 28.0. The van der Waals surface area contributed by atoms with Gasteiger partial charge in [-0.15, -0.1) is 0 Å². The van der Waals surface area contributed by atoms with Crippen molar-refractivity contribution in [1.29, 1.82) is 0 Å². The average molecular weight is 1090 g/mol. The third kappa shape index (κ3) is 10.2. The van der Waals surface area contributed by atoms with Crippen molar-refractivity contribution in [2.24, 2.45) is 23.7 Å². The summed E-state index contributed by atoms with van der Waals surface area (Å²) in [5, 5.41) is 0.682. The highest BCUT2D eigenvalue weighted by Crippen LogP contribution is 2.62. The second-order valence-electron chi connectivity index (χ2n) is 23.1. The van der Waals surface area contributed by atoms with Gasteiger partial charge in [0.2, 0.25) is 0 Å².